The van der Waals surface area contributed by atoms with E-state index < -0.39 is 17.8 Å². The number of benzene rings is 1. The van der Waals surface area contributed by atoms with Crippen LogP contribution in [0.1, 0.15) is 25.3 Å². The lowest BCUT2D eigenvalue weighted by Crippen LogP contribution is -2.46. The smallest absolute Gasteiger partial charge is 0.337 e. The predicted octanol–water partition coefficient (Wildman–Crippen LogP) is 3.22. The van der Waals surface area contributed by atoms with Gasteiger partial charge in [0.25, 0.3) is 0 Å². The largest absolute Gasteiger partial charge is 0.416 e. The van der Waals surface area contributed by atoms with Gasteiger partial charge in [0.05, 0.1) is 5.56 Å². The summed E-state index contributed by atoms with van der Waals surface area (Å²) in [5.41, 5.74) is -0.396. The van der Waals surface area contributed by atoms with E-state index in [1.807, 2.05) is 0 Å². The molecular formula is C15H20F3N3O. The van der Waals surface area contributed by atoms with Crippen molar-refractivity contribution in [2.24, 2.45) is 5.41 Å². The van der Waals surface area contributed by atoms with E-state index in [-0.39, 0.29) is 5.41 Å². The van der Waals surface area contributed by atoms with Crippen molar-refractivity contribution in [2.75, 3.05) is 25.0 Å². The first-order valence-electron chi connectivity index (χ1n) is 7.21. The maximum absolute atomic E-state index is 12.4. The molecule has 1 heterocycles. The molecule has 2 rings (SSSR count). The first-order chi connectivity index (χ1) is 10.3. The predicted molar refractivity (Wildman–Crippen MR) is 78.7 cm³/mol. The SMILES string of the molecule is CC1(CNC(=O)Nc2ccc(C(F)(F)F)cc2)CCCNC1. The van der Waals surface area contributed by atoms with Crippen molar-refractivity contribution in [1.29, 1.82) is 0 Å². The number of carbonyl (C=O) groups is 1. The van der Waals surface area contributed by atoms with Gasteiger partial charge >= 0.3 is 12.2 Å². The molecule has 4 nitrogen and oxygen atoms in total. The van der Waals surface area contributed by atoms with Gasteiger partial charge in [-0.1, -0.05) is 6.92 Å². The van der Waals surface area contributed by atoms with Crippen LogP contribution < -0.4 is 16.0 Å². The summed E-state index contributed by atoms with van der Waals surface area (Å²) in [5.74, 6) is 0. The average Bonchev–Trinajstić information content (AvgIpc) is 2.46. The Balaban J connectivity index is 1.84. The van der Waals surface area contributed by atoms with Crippen LogP contribution in [0.25, 0.3) is 0 Å². The van der Waals surface area contributed by atoms with Crippen molar-refractivity contribution < 1.29 is 18.0 Å². The number of anilines is 1. The zero-order chi connectivity index (χ0) is 16.2. The van der Waals surface area contributed by atoms with Crippen LogP contribution in [0.3, 0.4) is 0 Å². The minimum absolute atomic E-state index is 0.00965. The average molecular weight is 315 g/mol. The Hall–Kier alpha value is -1.76. The minimum atomic E-state index is -4.37. The number of amides is 2. The number of alkyl halides is 3. The Morgan fingerprint density at radius 1 is 1.32 bits per heavy atom. The third-order valence-electron chi connectivity index (χ3n) is 3.83. The van der Waals surface area contributed by atoms with Crippen molar-refractivity contribution in [3.63, 3.8) is 0 Å². The highest BCUT2D eigenvalue weighted by Crippen LogP contribution is 2.29. The molecular weight excluding hydrogens is 295 g/mol. The lowest BCUT2D eigenvalue weighted by atomic mass is 9.83. The monoisotopic (exact) mass is 315 g/mol. The molecule has 3 N–H and O–H groups in total. The van der Waals surface area contributed by atoms with E-state index in [4.69, 9.17) is 0 Å². The summed E-state index contributed by atoms with van der Waals surface area (Å²) < 4.78 is 37.3. The first-order valence-corrected chi connectivity index (χ1v) is 7.21. The topological polar surface area (TPSA) is 53.2 Å². The highest BCUT2D eigenvalue weighted by molar-refractivity contribution is 5.89. The van der Waals surface area contributed by atoms with Crippen LogP contribution >= 0.6 is 0 Å². The van der Waals surface area contributed by atoms with Crippen LogP contribution in [0, 0.1) is 5.41 Å². The number of carbonyl (C=O) groups excluding carboxylic acids is 1. The van der Waals surface area contributed by atoms with Crippen LogP contribution in [0.5, 0.6) is 0 Å². The van der Waals surface area contributed by atoms with E-state index in [1.54, 1.807) is 0 Å². The fourth-order valence-corrected chi connectivity index (χ4v) is 2.48. The van der Waals surface area contributed by atoms with Gasteiger partial charge in [0.15, 0.2) is 0 Å². The van der Waals surface area contributed by atoms with Crippen LogP contribution in [0.2, 0.25) is 0 Å². The zero-order valence-electron chi connectivity index (χ0n) is 12.4. The summed E-state index contributed by atoms with van der Waals surface area (Å²) in [6.07, 6.45) is -2.28. The third kappa shape index (κ3) is 4.62. The van der Waals surface area contributed by atoms with Gasteiger partial charge in [-0.3, -0.25) is 0 Å². The Labute approximate surface area is 127 Å². The molecule has 1 aromatic rings. The number of piperidine rings is 1. The Kier molecular flexibility index (Phi) is 4.95. The molecule has 0 spiro atoms. The number of halogens is 3. The molecule has 1 atom stereocenters. The molecule has 0 aromatic heterocycles. The van der Waals surface area contributed by atoms with Crippen LogP contribution in [-0.2, 0) is 6.18 Å². The molecule has 1 saturated heterocycles. The van der Waals surface area contributed by atoms with E-state index in [9.17, 15) is 18.0 Å². The maximum Gasteiger partial charge on any atom is 0.416 e. The summed E-state index contributed by atoms with van der Waals surface area (Å²) >= 11 is 0. The first kappa shape index (κ1) is 16.6. The van der Waals surface area contributed by atoms with Crippen LogP contribution in [0.4, 0.5) is 23.7 Å². The molecule has 7 heteroatoms. The van der Waals surface area contributed by atoms with Crippen LogP contribution in [0.15, 0.2) is 24.3 Å². The molecule has 0 saturated carbocycles. The second kappa shape index (κ2) is 6.56. The van der Waals surface area contributed by atoms with E-state index in [1.165, 1.54) is 12.1 Å². The second-order valence-corrected chi connectivity index (χ2v) is 5.97. The fourth-order valence-electron chi connectivity index (χ4n) is 2.48. The molecule has 22 heavy (non-hydrogen) atoms. The molecule has 2 amide bonds. The number of nitrogens with one attached hydrogen (secondary N) is 3. The summed E-state index contributed by atoms with van der Waals surface area (Å²) in [7, 11) is 0. The van der Waals surface area contributed by atoms with Gasteiger partial charge in [0, 0.05) is 18.8 Å². The summed E-state index contributed by atoms with van der Waals surface area (Å²) in [5, 5.41) is 8.60. The standard InChI is InChI=1S/C15H20F3N3O/c1-14(7-2-8-19-9-14)10-20-13(22)21-12-5-3-11(4-6-12)15(16,17)18/h3-6,19H,2,7-10H2,1H3,(H2,20,21,22). The highest BCUT2D eigenvalue weighted by atomic mass is 19.4. The highest BCUT2D eigenvalue weighted by Gasteiger charge is 2.30. The van der Waals surface area contributed by atoms with Gasteiger partial charge in [0.1, 0.15) is 0 Å². The zero-order valence-corrected chi connectivity index (χ0v) is 12.4. The molecule has 1 unspecified atom stereocenters. The van der Waals surface area contributed by atoms with E-state index in [0.29, 0.717) is 12.2 Å². The Bertz CT molecular complexity index is 508. The number of hydrogen-bond acceptors (Lipinski definition) is 2. The van der Waals surface area contributed by atoms with E-state index >= 15 is 0 Å². The molecule has 1 aromatic carbocycles. The maximum atomic E-state index is 12.4. The molecule has 0 aliphatic carbocycles. The minimum Gasteiger partial charge on any atom is -0.337 e. The van der Waals surface area contributed by atoms with Crippen molar-refractivity contribution in [3.8, 4) is 0 Å². The third-order valence-corrected chi connectivity index (χ3v) is 3.83. The quantitative estimate of drug-likeness (QED) is 0.802. The lowest BCUT2D eigenvalue weighted by molar-refractivity contribution is -0.137. The Morgan fingerprint density at radius 3 is 2.55 bits per heavy atom. The lowest BCUT2D eigenvalue weighted by Gasteiger charge is -2.34. The van der Waals surface area contributed by atoms with Gasteiger partial charge in [-0.15, -0.1) is 0 Å². The number of hydrogen-bond donors (Lipinski definition) is 3. The van der Waals surface area contributed by atoms with Crippen molar-refractivity contribution in [2.45, 2.75) is 25.9 Å². The van der Waals surface area contributed by atoms with Crippen molar-refractivity contribution in [3.05, 3.63) is 29.8 Å². The van der Waals surface area contributed by atoms with Gasteiger partial charge in [0.2, 0.25) is 0 Å². The van der Waals surface area contributed by atoms with Crippen molar-refractivity contribution >= 4 is 11.7 Å². The Morgan fingerprint density at radius 2 is 2.00 bits per heavy atom. The number of urea groups is 1. The second-order valence-electron chi connectivity index (χ2n) is 5.97. The molecule has 1 fully saturated rings. The van der Waals surface area contributed by atoms with Gasteiger partial charge in [-0.2, -0.15) is 13.2 Å². The van der Waals surface area contributed by atoms with Crippen molar-refractivity contribution in [1.82, 2.24) is 10.6 Å². The molecule has 122 valence electrons. The van der Waals surface area contributed by atoms with Gasteiger partial charge in [-0.25, -0.2) is 4.79 Å². The van der Waals surface area contributed by atoms with E-state index in [0.717, 1.165) is 38.1 Å². The normalized spacial score (nSPS) is 22.2. The van der Waals surface area contributed by atoms with Gasteiger partial charge < -0.3 is 16.0 Å². The summed E-state index contributed by atoms with van der Waals surface area (Å²) in [6.45, 7) is 4.45. The molecule has 0 radical (unpaired) electrons. The van der Waals surface area contributed by atoms with Crippen LogP contribution in [-0.4, -0.2) is 25.7 Å². The number of rotatable bonds is 3. The fraction of sp³-hybridized carbons (Fsp3) is 0.533. The molecule has 1 aliphatic rings. The molecule has 1 aliphatic heterocycles. The van der Waals surface area contributed by atoms with E-state index in [2.05, 4.69) is 22.9 Å². The van der Waals surface area contributed by atoms with Gasteiger partial charge in [-0.05, 0) is 49.1 Å². The summed E-state index contributed by atoms with van der Waals surface area (Å²) in [4.78, 5) is 11.8. The summed E-state index contributed by atoms with van der Waals surface area (Å²) in [6, 6.07) is 3.97. The molecule has 0 bridgehead atoms.